The minimum atomic E-state index is -0.228. The van der Waals surface area contributed by atoms with Crippen LogP contribution in [0.5, 0.6) is 0 Å². The molecule has 0 aliphatic carbocycles. The molecule has 0 aliphatic heterocycles. The Kier molecular flexibility index (Phi) is 5.51. The van der Waals surface area contributed by atoms with Crippen LogP contribution < -0.4 is 5.32 Å². The number of furan rings is 1. The molecule has 2 aromatic rings. The van der Waals surface area contributed by atoms with Crippen molar-refractivity contribution in [3.8, 4) is 11.4 Å². The molecule has 2 heterocycles. The Labute approximate surface area is 141 Å². The largest absolute Gasteiger partial charge is 0.469 e. The van der Waals surface area contributed by atoms with Gasteiger partial charge in [-0.05, 0) is 40.2 Å². The van der Waals surface area contributed by atoms with Crippen molar-refractivity contribution in [2.75, 3.05) is 5.75 Å². The zero-order valence-electron chi connectivity index (χ0n) is 14.3. The Morgan fingerprint density at radius 2 is 2.13 bits per heavy atom. The van der Waals surface area contributed by atoms with Crippen molar-refractivity contribution in [3.63, 3.8) is 0 Å². The summed E-state index contributed by atoms with van der Waals surface area (Å²) in [7, 11) is 0. The summed E-state index contributed by atoms with van der Waals surface area (Å²) in [6, 6.07) is 1.90. The summed E-state index contributed by atoms with van der Waals surface area (Å²) in [6.07, 6.45) is 2.61. The second kappa shape index (κ2) is 7.21. The lowest BCUT2D eigenvalue weighted by molar-refractivity contribution is -0.119. The fourth-order valence-corrected chi connectivity index (χ4v) is 2.99. The number of hydrogen-bond donors (Lipinski definition) is 1. The first-order chi connectivity index (χ1) is 10.8. The van der Waals surface area contributed by atoms with Crippen molar-refractivity contribution < 1.29 is 9.21 Å². The highest BCUT2D eigenvalue weighted by atomic mass is 32.2. The van der Waals surface area contributed by atoms with Gasteiger partial charge in [-0.3, -0.25) is 4.79 Å². The molecule has 2 rings (SSSR count). The van der Waals surface area contributed by atoms with Gasteiger partial charge in [-0.2, -0.15) is 0 Å². The Bertz CT molecular complexity index is 670. The van der Waals surface area contributed by atoms with Crippen molar-refractivity contribution in [1.29, 1.82) is 0 Å². The molecule has 7 heteroatoms. The van der Waals surface area contributed by atoms with Gasteiger partial charge in [0.05, 0.1) is 17.6 Å². The van der Waals surface area contributed by atoms with Gasteiger partial charge in [0.15, 0.2) is 11.0 Å². The highest BCUT2D eigenvalue weighted by molar-refractivity contribution is 7.99. The third-order valence-electron chi connectivity index (χ3n) is 3.11. The SMILES string of the molecule is CCCn1c(SCC(=O)NC(C)(C)C)nnc1-c1ccoc1C. The molecule has 0 unspecified atom stereocenters. The van der Waals surface area contributed by atoms with Gasteiger partial charge in [-0.1, -0.05) is 18.7 Å². The minimum Gasteiger partial charge on any atom is -0.469 e. The number of carbonyl (C=O) groups is 1. The van der Waals surface area contributed by atoms with Crippen LogP contribution in [0.4, 0.5) is 0 Å². The summed E-state index contributed by atoms with van der Waals surface area (Å²) >= 11 is 1.41. The number of nitrogens with zero attached hydrogens (tertiary/aromatic N) is 3. The van der Waals surface area contributed by atoms with E-state index in [4.69, 9.17) is 4.42 Å². The molecule has 0 bridgehead atoms. The van der Waals surface area contributed by atoms with E-state index in [-0.39, 0.29) is 11.4 Å². The fourth-order valence-electron chi connectivity index (χ4n) is 2.22. The predicted molar refractivity (Wildman–Crippen MR) is 91.4 cm³/mol. The first-order valence-electron chi connectivity index (χ1n) is 7.73. The number of aryl methyl sites for hydroxylation is 1. The highest BCUT2D eigenvalue weighted by Gasteiger charge is 2.19. The smallest absolute Gasteiger partial charge is 0.230 e. The van der Waals surface area contributed by atoms with Gasteiger partial charge in [0.1, 0.15) is 5.76 Å². The van der Waals surface area contributed by atoms with Gasteiger partial charge in [0, 0.05) is 12.1 Å². The van der Waals surface area contributed by atoms with Crippen LogP contribution in [-0.4, -0.2) is 32.0 Å². The Morgan fingerprint density at radius 3 is 2.70 bits per heavy atom. The molecule has 0 radical (unpaired) electrons. The number of rotatable bonds is 6. The second-order valence-corrected chi connectivity index (χ2v) is 7.38. The monoisotopic (exact) mass is 336 g/mol. The van der Waals surface area contributed by atoms with Crippen LogP contribution in [0.15, 0.2) is 21.9 Å². The number of hydrogen-bond acceptors (Lipinski definition) is 5. The third kappa shape index (κ3) is 4.60. The average Bonchev–Trinajstić information content (AvgIpc) is 3.01. The summed E-state index contributed by atoms with van der Waals surface area (Å²) in [5.74, 6) is 1.92. The lowest BCUT2D eigenvalue weighted by atomic mass is 10.1. The summed E-state index contributed by atoms with van der Waals surface area (Å²) in [6.45, 7) is 10.7. The zero-order valence-corrected chi connectivity index (χ0v) is 15.2. The van der Waals surface area contributed by atoms with Gasteiger partial charge in [-0.25, -0.2) is 0 Å². The molecule has 0 spiro atoms. The Balaban J connectivity index is 2.15. The maximum Gasteiger partial charge on any atom is 0.230 e. The lowest BCUT2D eigenvalue weighted by Crippen LogP contribution is -2.41. The predicted octanol–water partition coefficient (Wildman–Crippen LogP) is 3.26. The van der Waals surface area contributed by atoms with E-state index in [1.165, 1.54) is 11.8 Å². The summed E-state index contributed by atoms with van der Waals surface area (Å²) in [5.41, 5.74) is 0.713. The first-order valence-corrected chi connectivity index (χ1v) is 8.72. The molecule has 1 N–H and O–H groups in total. The standard InChI is InChI=1S/C16H24N4O2S/c1-6-8-20-14(12-7-9-22-11(12)2)18-19-15(20)23-10-13(21)17-16(3,4)5/h7,9H,6,8,10H2,1-5H3,(H,17,21). The number of amides is 1. The molecule has 0 fully saturated rings. The average molecular weight is 336 g/mol. The molecule has 126 valence electrons. The van der Waals surface area contributed by atoms with E-state index < -0.39 is 0 Å². The maximum absolute atomic E-state index is 12.0. The molecular formula is C16H24N4O2S. The molecule has 0 atom stereocenters. The van der Waals surface area contributed by atoms with Crippen molar-refractivity contribution in [3.05, 3.63) is 18.1 Å². The zero-order chi connectivity index (χ0) is 17.0. The van der Waals surface area contributed by atoms with Crippen LogP contribution in [0.3, 0.4) is 0 Å². The molecule has 0 aliphatic rings. The minimum absolute atomic E-state index is 0.00501. The Hall–Kier alpha value is -1.76. The van der Waals surface area contributed by atoms with E-state index >= 15 is 0 Å². The molecule has 23 heavy (non-hydrogen) atoms. The van der Waals surface area contributed by atoms with Crippen LogP contribution in [0.1, 0.15) is 39.9 Å². The normalized spacial score (nSPS) is 11.7. The lowest BCUT2D eigenvalue weighted by Gasteiger charge is -2.20. The molecule has 0 saturated heterocycles. The van der Waals surface area contributed by atoms with Gasteiger partial charge in [0.2, 0.25) is 5.91 Å². The van der Waals surface area contributed by atoms with Crippen LogP contribution >= 0.6 is 11.8 Å². The van der Waals surface area contributed by atoms with Crippen molar-refractivity contribution in [2.24, 2.45) is 0 Å². The molecule has 6 nitrogen and oxygen atoms in total. The van der Waals surface area contributed by atoms with Gasteiger partial charge in [-0.15, -0.1) is 10.2 Å². The molecule has 0 aromatic carbocycles. The molecule has 0 saturated carbocycles. The van der Waals surface area contributed by atoms with Crippen LogP contribution in [0.2, 0.25) is 0 Å². The first kappa shape index (κ1) is 17.6. The maximum atomic E-state index is 12.0. The molecule has 2 aromatic heterocycles. The molecular weight excluding hydrogens is 312 g/mol. The van der Waals surface area contributed by atoms with E-state index in [0.29, 0.717) is 5.75 Å². The Morgan fingerprint density at radius 1 is 1.39 bits per heavy atom. The van der Waals surface area contributed by atoms with E-state index in [1.54, 1.807) is 6.26 Å². The van der Waals surface area contributed by atoms with Crippen molar-refractivity contribution in [2.45, 2.75) is 58.3 Å². The van der Waals surface area contributed by atoms with Crippen LogP contribution in [-0.2, 0) is 11.3 Å². The van der Waals surface area contributed by atoms with Crippen LogP contribution in [0.25, 0.3) is 11.4 Å². The van der Waals surface area contributed by atoms with Crippen molar-refractivity contribution >= 4 is 17.7 Å². The van der Waals surface area contributed by atoms with Crippen molar-refractivity contribution in [1.82, 2.24) is 20.1 Å². The summed E-state index contributed by atoms with van der Waals surface area (Å²) < 4.78 is 7.41. The summed E-state index contributed by atoms with van der Waals surface area (Å²) in [4.78, 5) is 12.0. The highest BCUT2D eigenvalue weighted by Crippen LogP contribution is 2.27. The number of aromatic nitrogens is 3. The topological polar surface area (TPSA) is 73.0 Å². The molecule has 1 amide bonds. The third-order valence-corrected chi connectivity index (χ3v) is 4.08. The second-order valence-electron chi connectivity index (χ2n) is 6.44. The van der Waals surface area contributed by atoms with E-state index in [1.807, 2.05) is 38.3 Å². The van der Waals surface area contributed by atoms with Gasteiger partial charge >= 0.3 is 0 Å². The quantitative estimate of drug-likeness (QED) is 0.820. The number of thioether (sulfide) groups is 1. The van der Waals surface area contributed by atoms with Crippen LogP contribution in [0, 0.1) is 6.92 Å². The van der Waals surface area contributed by atoms with E-state index in [2.05, 4.69) is 22.4 Å². The number of nitrogens with one attached hydrogen (secondary N) is 1. The number of carbonyl (C=O) groups excluding carboxylic acids is 1. The fraction of sp³-hybridized carbons (Fsp3) is 0.562. The van der Waals surface area contributed by atoms with E-state index in [9.17, 15) is 4.79 Å². The summed E-state index contributed by atoms with van der Waals surface area (Å²) in [5, 5.41) is 12.3. The van der Waals surface area contributed by atoms with E-state index in [0.717, 1.165) is 35.3 Å². The van der Waals surface area contributed by atoms with Gasteiger partial charge in [0.25, 0.3) is 0 Å². The van der Waals surface area contributed by atoms with Gasteiger partial charge < -0.3 is 14.3 Å².